The summed E-state index contributed by atoms with van der Waals surface area (Å²) in [5.74, 6) is 1.40. The molecule has 2 aliphatic heterocycles. The molecule has 0 aliphatic carbocycles. The van der Waals surface area contributed by atoms with E-state index < -0.39 is 10.0 Å². The molecule has 3 heterocycles. The van der Waals surface area contributed by atoms with Crippen LogP contribution in [0.3, 0.4) is 0 Å². The number of morpholine rings is 1. The molecule has 2 aliphatic rings. The van der Waals surface area contributed by atoms with Gasteiger partial charge in [0, 0.05) is 24.0 Å². The van der Waals surface area contributed by atoms with E-state index in [1.54, 1.807) is 35.2 Å². The lowest BCUT2D eigenvalue weighted by atomic mass is 10.1. The van der Waals surface area contributed by atoms with Crippen LogP contribution >= 0.6 is 11.3 Å². The number of sulfonamides is 1. The fourth-order valence-electron chi connectivity index (χ4n) is 4.44. The predicted molar refractivity (Wildman–Crippen MR) is 154 cm³/mol. The Morgan fingerprint density at radius 3 is 2.45 bits per heavy atom. The number of fused-ring (bicyclic) bond motifs is 1. The van der Waals surface area contributed by atoms with Gasteiger partial charge in [0.25, 0.3) is 0 Å². The minimum Gasteiger partial charge on any atom is -0.454 e. The van der Waals surface area contributed by atoms with Crippen LogP contribution in [0.5, 0.6) is 11.5 Å². The van der Waals surface area contributed by atoms with Crippen LogP contribution in [-0.2, 0) is 14.8 Å². The van der Waals surface area contributed by atoms with E-state index >= 15 is 0 Å². The molecule has 0 atom stereocenters. The van der Waals surface area contributed by atoms with Gasteiger partial charge < -0.3 is 14.2 Å². The molecule has 40 heavy (non-hydrogen) atoms. The van der Waals surface area contributed by atoms with Crippen molar-refractivity contribution in [2.75, 3.05) is 33.1 Å². The van der Waals surface area contributed by atoms with Crippen molar-refractivity contribution in [3.8, 4) is 22.8 Å². The molecule has 0 N–H and O–H groups in total. The molecule has 0 radical (unpaired) electrons. The average molecular weight is 577 g/mol. The van der Waals surface area contributed by atoms with Gasteiger partial charge in [-0.2, -0.15) is 9.41 Å². The number of ether oxygens (including phenoxy) is 3. The summed E-state index contributed by atoms with van der Waals surface area (Å²) in [4.78, 5) is 5.71. The molecule has 0 unspecified atom stereocenters. The van der Waals surface area contributed by atoms with Gasteiger partial charge in [0.2, 0.25) is 21.6 Å². The molecular formula is C29H28N4O5S2. The molecule has 0 spiro atoms. The van der Waals surface area contributed by atoms with E-state index in [9.17, 15) is 8.42 Å². The van der Waals surface area contributed by atoms with Gasteiger partial charge in [-0.15, -0.1) is 11.3 Å². The van der Waals surface area contributed by atoms with Gasteiger partial charge in [-0.25, -0.2) is 18.1 Å². The molecule has 206 valence electrons. The Bertz CT molecular complexity index is 1750. The molecule has 1 aromatic heterocycles. The smallest absolute Gasteiger partial charge is 0.243 e. The number of thiazole rings is 1. The SMILES string of the molecule is Cc1ccc(-c2csc(=Nc3ccc(S(=O)(=O)N4CCOCC4)cc3)n2N=Cc2ccc3c(c2)OCO3)cc1C. The first-order valence-corrected chi connectivity index (χ1v) is 15.2. The van der Waals surface area contributed by atoms with Crippen LogP contribution in [0, 0.1) is 13.8 Å². The summed E-state index contributed by atoms with van der Waals surface area (Å²) in [6.07, 6.45) is 1.76. The molecule has 1 fully saturated rings. The highest BCUT2D eigenvalue weighted by Gasteiger charge is 2.26. The maximum Gasteiger partial charge on any atom is 0.243 e. The van der Waals surface area contributed by atoms with Crippen molar-refractivity contribution in [1.29, 1.82) is 0 Å². The third-order valence-electron chi connectivity index (χ3n) is 6.88. The number of hydrogen-bond donors (Lipinski definition) is 0. The van der Waals surface area contributed by atoms with Crippen molar-refractivity contribution in [2.45, 2.75) is 18.7 Å². The third kappa shape index (κ3) is 5.33. The third-order valence-corrected chi connectivity index (χ3v) is 9.61. The van der Waals surface area contributed by atoms with Crippen LogP contribution < -0.4 is 14.3 Å². The second-order valence-electron chi connectivity index (χ2n) is 9.49. The molecule has 0 amide bonds. The number of nitrogens with zero attached hydrogens (tertiary/aromatic N) is 4. The fraction of sp³-hybridized carbons (Fsp3) is 0.241. The van der Waals surface area contributed by atoms with Gasteiger partial charge in [-0.3, -0.25) is 0 Å². The van der Waals surface area contributed by atoms with Gasteiger partial charge in [0.05, 0.1) is 35.7 Å². The standard InChI is InChI=1S/C29H28N4O5S2/c1-20-3-5-23(15-21(20)2)26-18-39-29(33(26)30-17-22-4-10-27-28(16-22)38-19-37-27)31-24-6-8-25(9-7-24)40(34,35)32-11-13-36-14-12-32/h3-10,15-18H,11-14,19H2,1-2H3. The lowest BCUT2D eigenvalue weighted by molar-refractivity contribution is 0.0730. The van der Waals surface area contributed by atoms with E-state index in [4.69, 9.17) is 24.3 Å². The van der Waals surface area contributed by atoms with E-state index in [-0.39, 0.29) is 11.7 Å². The molecule has 6 rings (SSSR count). The normalized spacial score (nSPS) is 16.2. The second kappa shape index (κ2) is 11.0. The lowest BCUT2D eigenvalue weighted by Gasteiger charge is -2.26. The van der Waals surface area contributed by atoms with Crippen LogP contribution in [0.4, 0.5) is 5.69 Å². The number of aromatic nitrogens is 1. The average Bonchev–Trinajstić information content (AvgIpc) is 3.61. The Balaban J connectivity index is 1.37. The predicted octanol–water partition coefficient (Wildman–Crippen LogP) is 4.70. The van der Waals surface area contributed by atoms with Crippen LogP contribution in [0.1, 0.15) is 16.7 Å². The Morgan fingerprint density at radius 1 is 0.900 bits per heavy atom. The Hall–Kier alpha value is -3.77. The summed E-state index contributed by atoms with van der Waals surface area (Å²) in [5.41, 5.74) is 5.81. The molecule has 0 bridgehead atoms. The summed E-state index contributed by atoms with van der Waals surface area (Å²) < 4.78 is 45.5. The van der Waals surface area contributed by atoms with Gasteiger partial charge in [-0.05, 0) is 79.1 Å². The topological polar surface area (TPSA) is 94.7 Å². The summed E-state index contributed by atoms with van der Waals surface area (Å²) in [6.45, 7) is 5.90. The summed E-state index contributed by atoms with van der Waals surface area (Å²) in [6, 6.07) is 18.6. The van der Waals surface area contributed by atoms with Crippen molar-refractivity contribution in [3.63, 3.8) is 0 Å². The molecule has 3 aromatic carbocycles. The quantitative estimate of drug-likeness (QED) is 0.310. The molecular weight excluding hydrogens is 548 g/mol. The Labute approximate surface area is 236 Å². The number of benzene rings is 3. The first kappa shape index (κ1) is 26.5. The molecule has 11 heteroatoms. The number of hydrogen-bond acceptors (Lipinski definition) is 8. The zero-order chi connectivity index (χ0) is 27.7. The van der Waals surface area contributed by atoms with E-state index in [0.29, 0.717) is 48.3 Å². The maximum absolute atomic E-state index is 13.0. The van der Waals surface area contributed by atoms with Gasteiger partial charge >= 0.3 is 0 Å². The monoisotopic (exact) mass is 576 g/mol. The van der Waals surface area contributed by atoms with Crippen molar-refractivity contribution >= 4 is 33.3 Å². The first-order valence-electron chi connectivity index (χ1n) is 12.8. The van der Waals surface area contributed by atoms with Gasteiger partial charge in [0.15, 0.2) is 11.5 Å². The van der Waals surface area contributed by atoms with E-state index in [2.05, 4.69) is 32.0 Å². The highest BCUT2D eigenvalue weighted by molar-refractivity contribution is 7.89. The van der Waals surface area contributed by atoms with E-state index in [1.807, 2.05) is 23.6 Å². The van der Waals surface area contributed by atoms with E-state index in [0.717, 1.165) is 16.8 Å². The largest absolute Gasteiger partial charge is 0.454 e. The van der Waals surface area contributed by atoms with Crippen LogP contribution in [0.15, 0.2) is 81.0 Å². The Morgan fingerprint density at radius 2 is 1.68 bits per heavy atom. The molecule has 9 nitrogen and oxygen atoms in total. The maximum atomic E-state index is 13.0. The van der Waals surface area contributed by atoms with E-state index in [1.165, 1.54) is 26.8 Å². The zero-order valence-electron chi connectivity index (χ0n) is 22.1. The summed E-state index contributed by atoms with van der Waals surface area (Å²) in [7, 11) is -3.58. The zero-order valence-corrected chi connectivity index (χ0v) is 23.7. The number of rotatable bonds is 6. The second-order valence-corrected chi connectivity index (χ2v) is 12.3. The Kier molecular flexibility index (Phi) is 7.28. The highest BCUT2D eigenvalue weighted by Crippen LogP contribution is 2.32. The minimum atomic E-state index is -3.58. The molecule has 1 saturated heterocycles. The van der Waals surface area contributed by atoms with Crippen molar-refractivity contribution < 1.29 is 22.6 Å². The molecule has 0 saturated carbocycles. The van der Waals surface area contributed by atoms with Crippen molar-refractivity contribution in [3.05, 3.63) is 87.5 Å². The fourth-order valence-corrected chi connectivity index (χ4v) is 6.71. The van der Waals surface area contributed by atoms with Gasteiger partial charge in [-0.1, -0.05) is 12.1 Å². The number of aryl methyl sites for hydroxylation is 2. The lowest BCUT2D eigenvalue weighted by Crippen LogP contribution is -2.40. The van der Waals surface area contributed by atoms with Crippen molar-refractivity contribution in [2.24, 2.45) is 10.1 Å². The van der Waals surface area contributed by atoms with Crippen LogP contribution in [0.2, 0.25) is 0 Å². The summed E-state index contributed by atoms with van der Waals surface area (Å²) in [5, 5.41) is 6.83. The molecule has 4 aromatic rings. The highest BCUT2D eigenvalue weighted by atomic mass is 32.2. The van der Waals surface area contributed by atoms with Gasteiger partial charge in [0.1, 0.15) is 0 Å². The van der Waals surface area contributed by atoms with Crippen LogP contribution in [0.25, 0.3) is 11.3 Å². The first-order chi connectivity index (χ1) is 19.4. The minimum absolute atomic E-state index is 0.210. The van der Waals surface area contributed by atoms with Crippen molar-refractivity contribution in [1.82, 2.24) is 8.98 Å². The van der Waals surface area contributed by atoms with Crippen LogP contribution in [-0.4, -0.2) is 56.7 Å². The summed E-state index contributed by atoms with van der Waals surface area (Å²) >= 11 is 1.46.